The molecule has 0 aliphatic carbocycles. The highest BCUT2D eigenvalue weighted by Crippen LogP contribution is 2.45. The summed E-state index contributed by atoms with van der Waals surface area (Å²) < 4.78 is 39.2. The Bertz CT molecular complexity index is 1270. The Morgan fingerprint density at radius 1 is 1.03 bits per heavy atom. The molecular formula is C28H30F2N4O3. The third-order valence-corrected chi connectivity index (χ3v) is 6.86. The summed E-state index contributed by atoms with van der Waals surface area (Å²) in [6.45, 7) is 7.80. The van der Waals surface area contributed by atoms with Gasteiger partial charge in [0.15, 0.2) is 11.6 Å². The van der Waals surface area contributed by atoms with Crippen molar-refractivity contribution in [3.63, 3.8) is 0 Å². The minimum atomic E-state index is -0.944. The standard InChI is InChI=1S/C28H30F2N4O3/c1-3-35-26-14-22-21(16-32-26)18-36-28(22)9-11-34(12-10-28)17-19-5-8-25(31-15-19)27(33-37-4-2)20-6-7-23(29)24(30)13-20/h5-8,13-16H,3-4,9-12,17-18H2,1-2H3/b33-27+. The number of oxime groups is 1. The van der Waals surface area contributed by atoms with Crippen LogP contribution in [0.3, 0.4) is 0 Å². The van der Waals surface area contributed by atoms with Crippen LogP contribution >= 0.6 is 0 Å². The Kier molecular flexibility index (Phi) is 7.43. The second-order valence-corrected chi connectivity index (χ2v) is 9.21. The van der Waals surface area contributed by atoms with Crippen molar-refractivity contribution in [1.82, 2.24) is 14.9 Å². The molecule has 7 nitrogen and oxygen atoms in total. The maximum absolute atomic E-state index is 13.8. The van der Waals surface area contributed by atoms with Gasteiger partial charge in [-0.15, -0.1) is 0 Å². The zero-order valence-electron chi connectivity index (χ0n) is 21.0. The maximum atomic E-state index is 13.8. The van der Waals surface area contributed by atoms with Gasteiger partial charge in [-0.25, -0.2) is 13.8 Å². The van der Waals surface area contributed by atoms with E-state index in [1.54, 1.807) is 13.1 Å². The highest BCUT2D eigenvalue weighted by atomic mass is 19.2. The van der Waals surface area contributed by atoms with Gasteiger partial charge in [-0.3, -0.25) is 9.88 Å². The summed E-state index contributed by atoms with van der Waals surface area (Å²) in [5.41, 5.74) is 4.39. The van der Waals surface area contributed by atoms with E-state index in [4.69, 9.17) is 14.3 Å². The summed E-state index contributed by atoms with van der Waals surface area (Å²) in [4.78, 5) is 16.5. The van der Waals surface area contributed by atoms with Crippen LogP contribution < -0.4 is 4.74 Å². The van der Waals surface area contributed by atoms with E-state index in [2.05, 4.69) is 20.0 Å². The summed E-state index contributed by atoms with van der Waals surface area (Å²) in [7, 11) is 0. The van der Waals surface area contributed by atoms with Gasteiger partial charge in [0.1, 0.15) is 12.3 Å². The van der Waals surface area contributed by atoms with Crippen LogP contribution in [0.1, 0.15) is 54.6 Å². The Morgan fingerprint density at radius 2 is 1.86 bits per heavy atom. The maximum Gasteiger partial charge on any atom is 0.213 e. The van der Waals surface area contributed by atoms with Crippen LogP contribution in [0, 0.1) is 11.6 Å². The van der Waals surface area contributed by atoms with Gasteiger partial charge in [0, 0.05) is 49.2 Å². The molecule has 0 bridgehead atoms. The molecule has 0 N–H and O–H groups in total. The lowest BCUT2D eigenvalue weighted by Crippen LogP contribution is -2.42. The summed E-state index contributed by atoms with van der Waals surface area (Å²) in [6, 6.07) is 9.49. The molecule has 1 fully saturated rings. The van der Waals surface area contributed by atoms with Gasteiger partial charge in [0.05, 0.1) is 24.5 Å². The molecule has 37 heavy (non-hydrogen) atoms. The second-order valence-electron chi connectivity index (χ2n) is 9.21. The van der Waals surface area contributed by atoms with E-state index >= 15 is 0 Å². The summed E-state index contributed by atoms with van der Waals surface area (Å²) in [5.74, 6) is -1.21. The first-order valence-corrected chi connectivity index (χ1v) is 12.6. The fourth-order valence-electron chi connectivity index (χ4n) is 4.95. The van der Waals surface area contributed by atoms with Crippen LogP contribution in [0.4, 0.5) is 8.78 Å². The first kappa shape index (κ1) is 25.2. The first-order valence-electron chi connectivity index (χ1n) is 12.6. The van der Waals surface area contributed by atoms with Crippen molar-refractivity contribution < 1.29 is 23.1 Å². The van der Waals surface area contributed by atoms with Crippen molar-refractivity contribution in [1.29, 1.82) is 0 Å². The highest BCUT2D eigenvalue weighted by molar-refractivity contribution is 6.11. The van der Waals surface area contributed by atoms with Crippen LogP contribution in [0.5, 0.6) is 5.88 Å². The number of hydrogen-bond acceptors (Lipinski definition) is 7. The number of hydrogen-bond donors (Lipinski definition) is 0. The van der Waals surface area contributed by atoms with E-state index in [1.807, 2.05) is 31.3 Å². The summed E-state index contributed by atoms with van der Waals surface area (Å²) >= 11 is 0. The number of likely N-dealkylation sites (tertiary alicyclic amines) is 1. The molecule has 2 aliphatic rings. The lowest BCUT2D eigenvalue weighted by Gasteiger charge is -2.39. The van der Waals surface area contributed by atoms with E-state index in [1.165, 1.54) is 11.6 Å². The van der Waals surface area contributed by atoms with Crippen LogP contribution in [0.15, 0.2) is 53.9 Å². The topological polar surface area (TPSA) is 69.1 Å². The molecule has 0 radical (unpaired) electrons. The molecule has 2 aliphatic heterocycles. The van der Waals surface area contributed by atoms with Crippen LogP contribution in [-0.2, 0) is 28.3 Å². The average molecular weight is 509 g/mol. The molecule has 0 amide bonds. The number of pyridine rings is 2. The van der Waals surface area contributed by atoms with E-state index in [0.29, 0.717) is 42.7 Å². The molecule has 0 atom stereocenters. The molecule has 1 saturated heterocycles. The highest BCUT2D eigenvalue weighted by Gasteiger charge is 2.43. The third-order valence-electron chi connectivity index (χ3n) is 6.86. The molecule has 9 heteroatoms. The molecule has 1 spiro atoms. The Morgan fingerprint density at radius 3 is 2.57 bits per heavy atom. The smallest absolute Gasteiger partial charge is 0.213 e. The molecular weight excluding hydrogens is 478 g/mol. The molecule has 194 valence electrons. The lowest BCUT2D eigenvalue weighted by molar-refractivity contribution is -0.0799. The summed E-state index contributed by atoms with van der Waals surface area (Å²) in [6.07, 6.45) is 5.45. The fourth-order valence-corrected chi connectivity index (χ4v) is 4.95. The minimum Gasteiger partial charge on any atom is -0.478 e. The Hall–Kier alpha value is -3.43. The third kappa shape index (κ3) is 5.33. The second kappa shape index (κ2) is 10.9. The van der Waals surface area contributed by atoms with E-state index in [-0.39, 0.29) is 5.60 Å². The predicted octanol–water partition coefficient (Wildman–Crippen LogP) is 4.96. The van der Waals surface area contributed by atoms with E-state index < -0.39 is 11.6 Å². The zero-order chi connectivity index (χ0) is 25.8. The van der Waals surface area contributed by atoms with E-state index in [0.717, 1.165) is 55.7 Å². The van der Waals surface area contributed by atoms with Crippen LogP contribution in [-0.4, -0.2) is 46.9 Å². The quantitative estimate of drug-likeness (QED) is 0.316. The number of aromatic nitrogens is 2. The molecule has 0 saturated carbocycles. The first-order chi connectivity index (χ1) is 18.0. The monoisotopic (exact) mass is 508 g/mol. The molecule has 5 rings (SSSR count). The van der Waals surface area contributed by atoms with Crippen LogP contribution in [0.25, 0.3) is 0 Å². The van der Waals surface area contributed by atoms with Gasteiger partial charge in [0.2, 0.25) is 5.88 Å². The van der Waals surface area contributed by atoms with Gasteiger partial charge < -0.3 is 14.3 Å². The molecule has 2 aromatic heterocycles. The number of benzene rings is 1. The van der Waals surface area contributed by atoms with Gasteiger partial charge >= 0.3 is 0 Å². The number of rotatable bonds is 8. The molecule has 4 heterocycles. The number of nitrogens with zero attached hydrogens (tertiary/aromatic N) is 4. The SMILES string of the molecule is CCO/N=C(\c1ccc(F)c(F)c1)c1ccc(CN2CCC3(CC2)OCc2cnc(OCC)cc23)cn1. The fraction of sp³-hybridized carbons (Fsp3) is 0.393. The van der Waals surface area contributed by atoms with Gasteiger partial charge in [-0.1, -0.05) is 11.2 Å². The minimum absolute atomic E-state index is 0.280. The molecule has 0 unspecified atom stereocenters. The Balaban J connectivity index is 1.26. The Labute approximate surface area is 215 Å². The predicted molar refractivity (Wildman–Crippen MR) is 134 cm³/mol. The summed E-state index contributed by atoms with van der Waals surface area (Å²) in [5, 5.41) is 4.10. The number of ether oxygens (including phenoxy) is 2. The van der Waals surface area contributed by atoms with Crippen molar-refractivity contribution in [3.8, 4) is 5.88 Å². The van der Waals surface area contributed by atoms with Crippen molar-refractivity contribution in [3.05, 3.63) is 88.4 Å². The average Bonchev–Trinajstić information content (AvgIpc) is 3.26. The van der Waals surface area contributed by atoms with E-state index in [9.17, 15) is 8.78 Å². The van der Waals surface area contributed by atoms with Gasteiger partial charge in [-0.05, 0) is 62.1 Å². The largest absolute Gasteiger partial charge is 0.478 e. The normalized spacial score (nSPS) is 17.1. The lowest BCUT2D eigenvalue weighted by atomic mass is 9.84. The van der Waals surface area contributed by atoms with Crippen molar-refractivity contribution in [2.24, 2.45) is 5.16 Å². The van der Waals surface area contributed by atoms with Gasteiger partial charge in [-0.2, -0.15) is 0 Å². The molecule has 3 aromatic rings. The number of halogens is 2. The van der Waals surface area contributed by atoms with Gasteiger partial charge in [0.25, 0.3) is 0 Å². The van der Waals surface area contributed by atoms with Crippen molar-refractivity contribution in [2.45, 2.75) is 45.4 Å². The van der Waals surface area contributed by atoms with Crippen molar-refractivity contribution >= 4 is 5.71 Å². The van der Waals surface area contributed by atoms with Crippen molar-refractivity contribution in [2.75, 3.05) is 26.3 Å². The zero-order valence-corrected chi connectivity index (χ0v) is 21.0. The number of fused-ring (bicyclic) bond motifs is 2. The molecule has 1 aromatic carbocycles. The van der Waals surface area contributed by atoms with Crippen LogP contribution in [0.2, 0.25) is 0 Å². The number of piperidine rings is 1.